The van der Waals surface area contributed by atoms with Gasteiger partial charge in [0.15, 0.2) is 0 Å². The third kappa shape index (κ3) is 5.51. The van der Waals surface area contributed by atoms with Crippen LogP contribution < -0.4 is 0 Å². The van der Waals surface area contributed by atoms with Gasteiger partial charge in [-0.2, -0.15) is 0 Å². The van der Waals surface area contributed by atoms with Crippen molar-refractivity contribution in [3.05, 3.63) is 35.9 Å². The molecule has 0 aliphatic carbocycles. The van der Waals surface area contributed by atoms with Crippen molar-refractivity contribution in [1.29, 1.82) is 0 Å². The van der Waals surface area contributed by atoms with Crippen LogP contribution in [-0.2, 0) is 19.8 Å². The quantitative estimate of drug-likeness (QED) is 0.437. The van der Waals surface area contributed by atoms with Crippen LogP contribution in [0, 0.1) is 0 Å². The van der Waals surface area contributed by atoms with Gasteiger partial charge in [0.2, 0.25) is 0 Å². The van der Waals surface area contributed by atoms with Crippen molar-refractivity contribution in [3.63, 3.8) is 0 Å². The highest BCUT2D eigenvalue weighted by molar-refractivity contribution is 6.77. The Morgan fingerprint density at radius 1 is 0.913 bits per heavy atom. The Morgan fingerprint density at radius 3 is 1.87 bits per heavy atom. The first-order valence-electron chi connectivity index (χ1n) is 8.52. The lowest BCUT2D eigenvalue weighted by Gasteiger charge is -2.42. The van der Waals surface area contributed by atoms with E-state index in [1.165, 1.54) is 23.7 Å². The van der Waals surface area contributed by atoms with Crippen molar-refractivity contribution in [3.8, 4) is 0 Å². The standard InChI is InChI=1S/C17H33NO3Si2/c1-7-23(8-2,9-3)18(15-17-13-11-10-12-14-17)16-21-22(6,19-4)20-5/h10-14H,7-9,15-16H2,1-6H3. The fourth-order valence-corrected chi connectivity index (χ4v) is 7.59. The van der Waals surface area contributed by atoms with Crippen LogP contribution in [0.2, 0.25) is 24.7 Å². The first-order chi connectivity index (χ1) is 11.0. The molecule has 0 N–H and O–H groups in total. The van der Waals surface area contributed by atoms with Crippen LogP contribution in [0.15, 0.2) is 30.3 Å². The summed E-state index contributed by atoms with van der Waals surface area (Å²) in [6, 6.07) is 14.3. The van der Waals surface area contributed by atoms with Crippen LogP contribution in [0.25, 0.3) is 0 Å². The van der Waals surface area contributed by atoms with E-state index < -0.39 is 17.0 Å². The topological polar surface area (TPSA) is 30.9 Å². The average molecular weight is 356 g/mol. The van der Waals surface area contributed by atoms with Gasteiger partial charge in [-0.15, -0.1) is 0 Å². The van der Waals surface area contributed by atoms with Gasteiger partial charge in [0.05, 0.1) is 6.73 Å². The van der Waals surface area contributed by atoms with E-state index in [-0.39, 0.29) is 0 Å². The molecule has 0 saturated carbocycles. The summed E-state index contributed by atoms with van der Waals surface area (Å²) in [7, 11) is -0.713. The normalized spacial score (nSPS) is 12.8. The zero-order valence-corrected chi connectivity index (χ0v) is 17.6. The number of nitrogens with zero attached hydrogens (tertiary/aromatic N) is 1. The third-order valence-corrected chi connectivity index (χ3v) is 12.8. The van der Waals surface area contributed by atoms with Crippen molar-refractivity contribution < 1.29 is 13.3 Å². The second-order valence-corrected chi connectivity index (χ2v) is 14.0. The van der Waals surface area contributed by atoms with Gasteiger partial charge in [0, 0.05) is 27.3 Å². The highest BCUT2D eigenvalue weighted by Gasteiger charge is 2.38. The van der Waals surface area contributed by atoms with Crippen LogP contribution >= 0.6 is 0 Å². The van der Waals surface area contributed by atoms with Crippen LogP contribution in [-0.4, -0.2) is 42.6 Å². The molecule has 0 aliphatic heterocycles. The summed E-state index contributed by atoms with van der Waals surface area (Å²) in [5, 5.41) is 0. The van der Waals surface area contributed by atoms with E-state index in [1.54, 1.807) is 14.2 Å². The number of benzene rings is 1. The predicted molar refractivity (Wildman–Crippen MR) is 101 cm³/mol. The second kappa shape index (κ2) is 9.71. The number of rotatable bonds is 11. The molecule has 0 spiro atoms. The fourth-order valence-electron chi connectivity index (χ4n) is 2.97. The molecule has 1 aromatic rings. The van der Waals surface area contributed by atoms with E-state index in [4.69, 9.17) is 13.3 Å². The molecule has 1 aromatic carbocycles. The molecule has 0 amide bonds. The minimum absolute atomic E-state index is 0.584. The molecule has 0 atom stereocenters. The molecular formula is C17H33NO3Si2. The summed E-state index contributed by atoms with van der Waals surface area (Å²) < 4.78 is 19.7. The van der Waals surface area contributed by atoms with Crippen molar-refractivity contribution in [2.45, 2.75) is 52.0 Å². The lowest BCUT2D eigenvalue weighted by atomic mass is 10.2. The van der Waals surface area contributed by atoms with Crippen LogP contribution in [0.3, 0.4) is 0 Å². The maximum absolute atomic E-state index is 6.13. The number of hydrogen-bond donors (Lipinski definition) is 0. The third-order valence-electron chi connectivity index (χ3n) is 5.09. The molecule has 6 heteroatoms. The molecule has 0 saturated heterocycles. The monoisotopic (exact) mass is 355 g/mol. The summed E-state index contributed by atoms with van der Waals surface area (Å²) in [6.07, 6.45) is 0. The molecule has 0 fully saturated rings. The molecule has 0 radical (unpaired) electrons. The molecule has 0 heterocycles. The maximum Gasteiger partial charge on any atom is 0.498 e. The Kier molecular flexibility index (Phi) is 8.67. The largest absolute Gasteiger partial charge is 0.498 e. The molecule has 0 aromatic heterocycles. The zero-order valence-electron chi connectivity index (χ0n) is 15.6. The van der Waals surface area contributed by atoms with Gasteiger partial charge in [0.25, 0.3) is 0 Å². The maximum atomic E-state index is 6.13. The molecule has 4 nitrogen and oxygen atoms in total. The smallest absolute Gasteiger partial charge is 0.377 e. The Labute approximate surface area is 144 Å². The fraction of sp³-hybridized carbons (Fsp3) is 0.647. The second-order valence-electron chi connectivity index (χ2n) is 6.01. The SMILES string of the molecule is CC[Si](CC)(CC)N(CO[Si](C)(OC)OC)Cc1ccccc1. The van der Waals surface area contributed by atoms with Gasteiger partial charge in [-0.25, -0.2) is 0 Å². The van der Waals surface area contributed by atoms with E-state index in [0.717, 1.165) is 6.54 Å². The molecule has 132 valence electrons. The minimum atomic E-state index is -2.51. The van der Waals surface area contributed by atoms with E-state index in [1.807, 2.05) is 6.55 Å². The molecule has 1 rings (SSSR count). The highest BCUT2D eigenvalue weighted by Crippen LogP contribution is 2.27. The molecule has 0 bridgehead atoms. The van der Waals surface area contributed by atoms with Gasteiger partial charge in [0.1, 0.15) is 8.24 Å². The molecule has 23 heavy (non-hydrogen) atoms. The van der Waals surface area contributed by atoms with E-state index in [2.05, 4.69) is 55.7 Å². The van der Waals surface area contributed by atoms with Gasteiger partial charge in [-0.05, 0) is 23.7 Å². The van der Waals surface area contributed by atoms with Gasteiger partial charge >= 0.3 is 8.80 Å². The first-order valence-corrected chi connectivity index (χ1v) is 13.3. The van der Waals surface area contributed by atoms with Crippen molar-refractivity contribution in [2.24, 2.45) is 0 Å². The lowest BCUT2D eigenvalue weighted by Crippen LogP contribution is -2.55. The lowest BCUT2D eigenvalue weighted by molar-refractivity contribution is 0.0657. The van der Waals surface area contributed by atoms with Crippen molar-refractivity contribution >= 4 is 17.0 Å². The summed E-state index contributed by atoms with van der Waals surface area (Å²) in [5.74, 6) is 0. The average Bonchev–Trinajstić information content (AvgIpc) is 2.62. The molecular weight excluding hydrogens is 322 g/mol. The molecule has 0 aliphatic rings. The Bertz CT molecular complexity index is 428. The van der Waals surface area contributed by atoms with Gasteiger partial charge < -0.3 is 13.3 Å². The first kappa shape index (κ1) is 20.5. The summed E-state index contributed by atoms with van der Waals surface area (Å²) in [5.41, 5.74) is 1.33. The van der Waals surface area contributed by atoms with E-state index in [0.29, 0.717) is 6.73 Å². The van der Waals surface area contributed by atoms with E-state index in [9.17, 15) is 0 Å². The Morgan fingerprint density at radius 2 is 1.43 bits per heavy atom. The van der Waals surface area contributed by atoms with Crippen molar-refractivity contribution in [2.75, 3.05) is 21.0 Å². The minimum Gasteiger partial charge on any atom is -0.377 e. The van der Waals surface area contributed by atoms with Crippen LogP contribution in [0.5, 0.6) is 0 Å². The summed E-state index contributed by atoms with van der Waals surface area (Å²) in [6.45, 7) is 10.4. The predicted octanol–water partition coefficient (Wildman–Crippen LogP) is 4.33. The summed E-state index contributed by atoms with van der Waals surface area (Å²) >= 11 is 0. The van der Waals surface area contributed by atoms with Crippen LogP contribution in [0.1, 0.15) is 26.3 Å². The van der Waals surface area contributed by atoms with Gasteiger partial charge in [-0.1, -0.05) is 51.1 Å². The van der Waals surface area contributed by atoms with E-state index >= 15 is 0 Å². The Balaban J connectivity index is 2.96. The molecule has 0 unspecified atom stereocenters. The van der Waals surface area contributed by atoms with Gasteiger partial charge in [-0.3, -0.25) is 4.57 Å². The highest BCUT2D eigenvalue weighted by atomic mass is 28.4. The van der Waals surface area contributed by atoms with Crippen LogP contribution in [0.4, 0.5) is 0 Å². The number of hydrogen-bond acceptors (Lipinski definition) is 4. The van der Waals surface area contributed by atoms with Crippen molar-refractivity contribution in [1.82, 2.24) is 4.57 Å². The Hall–Kier alpha value is -0.506. The zero-order chi connectivity index (χ0) is 17.3. The summed E-state index contributed by atoms with van der Waals surface area (Å²) in [4.78, 5) is 0.